The van der Waals surface area contributed by atoms with Gasteiger partial charge in [-0.15, -0.1) is 11.3 Å². The molecular formula is C21H17ClN2O4S. The van der Waals surface area contributed by atoms with Crippen LogP contribution in [-0.4, -0.2) is 31.4 Å². The fourth-order valence-corrected chi connectivity index (χ4v) is 3.49. The van der Waals surface area contributed by atoms with Gasteiger partial charge in [0, 0.05) is 21.2 Å². The molecule has 1 aromatic heterocycles. The molecule has 0 aliphatic heterocycles. The lowest BCUT2D eigenvalue weighted by Crippen LogP contribution is -2.30. The Kier molecular flexibility index (Phi) is 6.64. The topological polar surface area (TPSA) is 84.5 Å². The molecule has 29 heavy (non-hydrogen) atoms. The van der Waals surface area contributed by atoms with Crippen molar-refractivity contribution in [1.82, 2.24) is 5.32 Å². The third-order valence-corrected chi connectivity index (χ3v) is 5.37. The molecule has 0 saturated carbocycles. The molecule has 0 radical (unpaired) electrons. The first-order valence-corrected chi connectivity index (χ1v) is 9.78. The second-order valence-electron chi connectivity index (χ2n) is 5.96. The number of anilines is 1. The van der Waals surface area contributed by atoms with Gasteiger partial charge in [-0.05, 0) is 54.1 Å². The molecule has 2 N–H and O–H groups in total. The maximum absolute atomic E-state index is 12.5. The molecule has 2 aromatic carbocycles. The van der Waals surface area contributed by atoms with E-state index in [-0.39, 0.29) is 12.5 Å². The average molecular weight is 429 g/mol. The van der Waals surface area contributed by atoms with E-state index in [9.17, 15) is 14.4 Å². The normalized spacial score (nSPS) is 10.3. The molecule has 0 bridgehead atoms. The van der Waals surface area contributed by atoms with E-state index in [0.29, 0.717) is 21.2 Å². The molecule has 8 heteroatoms. The molecule has 3 aromatic rings. The summed E-state index contributed by atoms with van der Waals surface area (Å²) in [5.41, 5.74) is 1.91. The number of methoxy groups -OCH3 is 1. The van der Waals surface area contributed by atoms with Crippen molar-refractivity contribution in [3.8, 4) is 10.4 Å². The molecule has 0 fully saturated rings. The largest absolute Gasteiger partial charge is 0.468 e. The third kappa shape index (κ3) is 5.43. The number of amides is 2. The maximum Gasteiger partial charge on any atom is 0.325 e. The number of nitrogens with one attached hydrogen (secondary N) is 2. The minimum absolute atomic E-state index is 0.206. The van der Waals surface area contributed by atoms with E-state index in [1.807, 2.05) is 18.2 Å². The van der Waals surface area contributed by atoms with Crippen molar-refractivity contribution in [2.75, 3.05) is 19.0 Å². The Morgan fingerprint density at radius 1 is 0.931 bits per heavy atom. The van der Waals surface area contributed by atoms with Crippen LogP contribution < -0.4 is 10.6 Å². The first-order valence-electron chi connectivity index (χ1n) is 8.58. The van der Waals surface area contributed by atoms with Gasteiger partial charge < -0.3 is 15.4 Å². The molecule has 148 valence electrons. The average Bonchev–Trinajstić information content (AvgIpc) is 3.23. The summed E-state index contributed by atoms with van der Waals surface area (Å²) in [6.45, 7) is -0.206. The maximum atomic E-state index is 12.5. The van der Waals surface area contributed by atoms with E-state index in [1.165, 1.54) is 18.4 Å². The van der Waals surface area contributed by atoms with Crippen LogP contribution in [0.1, 0.15) is 20.0 Å². The standard InChI is InChI=1S/C21H17ClN2O4S/c1-28-19(25)12-23-20(26)14-4-8-16(9-5-14)24-21(27)18-11-10-17(29-18)13-2-6-15(22)7-3-13/h2-11H,12H2,1H3,(H,23,26)(H,24,27). The number of hydrogen-bond donors (Lipinski definition) is 2. The predicted molar refractivity (Wildman–Crippen MR) is 114 cm³/mol. The van der Waals surface area contributed by atoms with Crippen LogP contribution in [0, 0.1) is 0 Å². The van der Waals surface area contributed by atoms with Crippen molar-refractivity contribution < 1.29 is 19.1 Å². The SMILES string of the molecule is COC(=O)CNC(=O)c1ccc(NC(=O)c2ccc(-c3ccc(Cl)cc3)s2)cc1. The number of thiophene rings is 1. The fraction of sp³-hybridized carbons (Fsp3) is 0.0952. The molecule has 0 spiro atoms. The first kappa shape index (κ1) is 20.6. The van der Waals surface area contributed by atoms with Gasteiger partial charge in [0.2, 0.25) is 0 Å². The predicted octanol–water partition coefficient (Wildman–Crippen LogP) is 4.22. The number of carbonyl (C=O) groups excluding carboxylic acids is 3. The van der Waals surface area contributed by atoms with Crippen molar-refractivity contribution in [3.63, 3.8) is 0 Å². The van der Waals surface area contributed by atoms with Crippen LogP contribution in [0.5, 0.6) is 0 Å². The zero-order valence-electron chi connectivity index (χ0n) is 15.4. The summed E-state index contributed by atoms with van der Waals surface area (Å²) in [6.07, 6.45) is 0. The van der Waals surface area contributed by atoms with Crippen molar-refractivity contribution >= 4 is 46.4 Å². The summed E-state index contributed by atoms with van der Waals surface area (Å²) in [5, 5.41) is 5.91. The van der Waals surface area contributed by atoms with Crippen molar-refractivity contribution in [3.05, 3.63) is 76.1 Å². The zero-order valence-corrected chi connectivity index (χ0v) is 17.0. The number of halogens is 1. The quantitative estimate of drug-likeness (QED) is 0.575. The minimum atomic E-state index is -0.531. The molecule has 0 aliphatic rings. The number of benzene rings is 2. The van der Waals surface area contributed by atoms with Gasteiger partial charge >= 0.3 is 5.97 Å². The molecule has 0 unspecified atom stereocenters. The molecule has 0 aliphatic carbocycles. The lowest BCUT2D eigenvalue weighted by Gasteiger charge is -2.06. The van der Waals surface area contributed by atoms with Crippen LogP contribution in [0.25, 0.3) is 10.4 Å². The number of ether oxygens (including phenoxy) is 1. The lowest BCUT2D eigenvalue weighted by atomic mass is 10.2. The zero-order chi connectivity index (χ0) is 20.8. The van der Waals surface area contributed by atoms with Crippen LogP contribution in [0.3, 0.4) is 0 Å². The Morgan fingerprint density at radius 2 is 1.62 bits per heavy atom. The van der Waals surface area contributed by atoms with Gasteiger partial charge in [-0.3, -0.25) is 14.4 Å². The third-order valence-electron chi connectivity index (χ3n) is 3.98. The van der Waals surface area contributed by atoms with Crippen LogP contribution in [0.2, 0.25) is 5.02 Å². The fourth-order valence-electron chi connectivity index (χ4n) is 2.45. The highest BCUT2D eigenvalue weighted by Crippen LogP contribution is 2.29. The second-order valence-corrected chi connectivity index (χ2v) is 7.48. The number of rotatable bonds is 6. The Hall–Kier alpha value is -3.16. The Labute approximate surface area is 176 Å². The first-order chi connectivity index (χ1) is 14.0. The van der Waals surface area contributed by atoms with Gasteiger partial charge in [0.15, 0.2) is 0 Å². The van der Waals surface area contributed by atoms with E-state index in [0.717, 1.165) is 10.4 Å². The van der Waals surface area contributed by atoms with Crippen LogP contribution in [-0.2, 0) is 9.53 Å². The molecule has 0 atom stereocenters. The number of carbonyl (C=O) groups is 3. The highest BCUT2D eigenvalue weighted by atomic mass is 35.5. The molecule has 6 nitrogen and oxygen atoms in total. The van der Waals surface area contributed by atoms with E-state index >= 15 is 0 Å². The van der Waals surface area contributed by atoms with Gasteiger partial charge in [0.1, 0.15) is 6.54 Å². The van der Waals surface area contributed by atoms with Crippen LogP contribution in [0.4, 0.5) is 5.69 Å². The molecule has 1 heterocycles. The van der Waals surface area contributed by atoms with Gasteiger partial charge in [0.05, 0.1) is 12.0 Å². The van der Waals surface area contributed by atoms with E-state index in [1.54, 1.807) is 42.5 Å². The van der Waals surface area contributed by atoms with Gasteiger partial charge in [-0.1, -0.05) is 23.7 Å². The summed E-state index contributed by atoms with van der Waals surface area (Å²) < 4.78 is 4.47. The van der Waals surface area contributed by atoms with E-state index in [2.05, 4.69) is 15.4 Å². The second kappa shape index (κ2) is 9.36. The van der Waals surface area contributed by atoms with Crippen molar-refractivity contribution in [2.24, 2.45) is 0 Å². The highest BCUT2D eigenvalue weighted by molar-refractivity contribution is 7.17. The molecular weight excluding hydrogens is 412 g/mol. The summed E-state index contributed by atoms with van der Waals surface area (Å²) in [5.74, 6) is -1.17. The van der Waals surface area contributed by atoms with Crippen molar-refractivity contribution in [1.29, 1.82) is 0 Å². The van der Waals surface area contributed by atoms with E-state index in [4.69, 9.17) is 11.6 Å². The van der Waals surface area contributed by atoms with Crippen molar-refractivity contribution in [2.45, 2.75) is 0 Å². The van der Waals surface area contributed by atoms with Gasteiger partial charge in [-0.25, -0.2) is 0 Å². The highest BCUT2D eigenvalue weighted by Gasteiger charge is 2.12. The Bertz CT molecular complexity index is 1030. The molecule has 2 amide bonds. The van der Waals surface area contributed by atoms with Crippen LogP contribution >= 0.6 is 22.9 Å². The van der Waals surface area contributed by atoms with Gasteiger partial charge in [0.25, 0.3) is 11.8 Å². The lowest BCUT2D eigenvalue weighted by molar-refractivity contribution is -0.139. The Balaban J connectivity index is 1.61. The smallest absolute Gasteiger partial charge is 0.325 e. The number of esters is 1. The van der Waals surface area contributed by atoms with Crippen LogP contribution in [0.15, 0.2) is 60.7 Å². The molecule has 3 rings (SSSR count). The number of hydrogen-bond acceptors (Lipinski definition) is 5. The minimum Gasteiger partial charge on any atom is -0.468 e. The Morgan fingerprint density at radius 3 is 2.28 bits per heavy atom. The summed E-state index contributed by atoms with van der Waals surface area (Å²) in [4.78, 5) is 37.1. The summed E-state index contributed by atoms with van der Waals surface area (Å²) in [7, 11) is 1.25. The molecule has 0 saturated heterocycles. The van der Waals surface area contributed by atoms with Gasteiger partial charge in [-0.2, -0.15) is 0 Å². The van der Waals surface area contributed by atoms with E-state index < -0.39 is 11.9 Å². The monoisotopic (exact) mass is 428 g/mol. The summed E-state index contributed by atoms with van der Waals surface area (Å²) >= 11 is 7.28. The summed E-state index contributed by atoms with van der Waals surface area (Å²) in [6, 6.07) is 17.4.